The summed E-state index contributed by atoms with van der Waals surface area (Å²) in [4.78, 5) is 14.1. The largest absolute Gasteiger partial charge is 0.484 e. The first-order valence-corrected chi connectivity index (χ1v) is 20.4. The Hall–Kier alpha value is -3.40. The fourth-order valence-electron chi connectivity index (χ4n) is 5.63. The highest BCUT2D eigenvalue weighted by Crippen LogP contribution is 2.32. The fourth-order valence-corrected chi connectivity index (χ4v) is 8.16. The third-order valence-corrected chi connectivity index (χ3v) is 11.6. The molecule has 0 aliphatic carbocycles. The van der Waals surface area contributed by atoms with Crippen LogP contribution in [0.3, 0.4) is 0 Å². The van der Waals surface area contributed by atoms with Gasteiger partial charge in [0.05, 0.1) is 21.8 Å². The van der Waals surface area contributed by atoms with E-state index in [1.807, 2.05) is 0 Å². The van der Waals surface area contributed by atoms with Gasteiger partial charge in [0.15, 0.2) is 26.3 Å². The van der Waals surface area contributed by atoms with Gasteiger partial charge in [0.2, 0.25) is 10.0 Å². The lowest BCUT2D eigenvalue weighted by atomic mass is 9.87. The third kappa shape index (κ3) is 11.1. The number of sulfone groups is 2. The number of nitrogens with one attached hydrogen (secondary N) is 1. The van der Waals surface area contributed by atoms with E-state index in [4.69, 9.17) is 4.74 Å². The first-order chi connectivity index (χ1) is 22.0. The summed E-state index contributed by atoms with van der Waals surface area (Å²) in [6.07, 6.45) is 4.57. The van der Waals surface area contributed by atoms with Gasteiger partial charge < -0.3 is 9.64 Å². The second kappa shape index (κ2) is 15.2. The van der Waals surface area contributed by atoms with E-state index in [1.54, 1.807) is 16.9 Å². The number of likely N-dealkylation sites (tertiary alicyclic amines) is 1. The van der Waals surface area contributed by atoms with E-state index in [0.717, 1.165) is 50.1 Å². The lowest BCUT2D eigenvalue weighted by Gasteiger charge is -2.33. The molecule has 1 aliphatic heterocycles. The quantitative estimate of drug-likeness (QED) is 0.263. The van der Waals surface area contributed by atoms with Crippen molar-refractivity contribution in [3.05, 3.63) is 89.5 Å². The zero-order valence-electron chi connectivity index (χ0n) is 26.1. The van der Waals surface area contributed by atoms with E-state index in [0.29, 0.717) is 24.9 Å². The van der Waals surface area contributed by atoms with E-state index in [2.05, 4.69) is 4.90 Å². The number of nitrogens with zero attached hydrogens (tertiary/aromatic N) is 1. The standard InChI is InChI=1S/C32H38F2N2O8S3/c1-45(38,39)29-7-3-24(4-8-29)31(25-19-26(33)21-27(34)20-25)13-17-36-15-11-23(12-16-36)14-18-47(42,43)30-9-5-28(6-10-30)44-22-32(37)35-46(2,40)41/h3-10,19-21,23,31H,11-18,22H2,1-2H3,(H,35,37)/t31-/m1/s1. The molecule has 0 radical (unpaired) electrons. The van der Waals surface area contributed by atoms with Gasteiger partial charge in [-0.3, -0.25) is 9.52 Å². The van der Waals surface area contributed by atoms with Crippen LogP contribution in [-0.4, -0.2) is 80.6 Å². The van der Waals surface area contributed by atoms with Crippen molar-refractivity contribution in [3.8, 4) is 5.75 Å². The van der Waals surface area contributed by atoms with Gasteiger partial charge in [-0.05, 0) is 111 Å². The Morgan fingerprint density at radius 3 is 1.98 bits per heavy atom. The number of amides is 1. The number of ether oxygens (including phenoxy) is 1. The summed E-state index contributed by atoms with van der Waals surface area (Å²) in [6, 6.07) is 15.4. The van der Waals surface area contributed by atoms with Crippen molar-refractivity contribution in [2.75, 3.05) is 44.5 Å². The topological polar surface area (TPSA) is 144 Å². The Labute approximate surface area is 275 Å². The summed E-state index contributed by atoms with van der Waals surface area (Å²) in [5, 5.41) is 0. The molecule has 1 fully saturated rings. The average Bonchev–Trinajstić information content (AvgIpc) is 2.98. The lowest BCUT2D eigenvalue weighted by Crippen LogP contribution is -2.35. The van der Waals surface area contributed by atoms with Gasteiger partial charge in [0, 0.05) is 18.2 Å². The Morgan fingerprint density at radius 1 is 0.851 bits per heavy atom. The SMILES string of the molecule is CS(=O)(=O)NC(=O)COc1ccc(S(=O)(=O)CCC2CCN(CC[C@H](c3ccc(S(C)(=O)=O)cc3)c3cc(F)cc(F)c3)CC2)cc1. The van der Waals surface area contributed by atoms with Crippen molar-refractivity contribution in [1.82, 2.24) is 9.62 Å². The molecule has 10 nitrogen and oxygen atoms in total. The summed E-state index contributed by atoms with van der Waals surface area (Å²) < 4.78 is 107. The molecule has 15 heteroatoms. The molecule has 0 bridgehead atoms. The van der Waals surface area contributed by atoms with Crippen LogP contribution in [0.5, 0.6) is 5.75 Å². The van der Waals surface area contributed by atoms with Crippen molar-refractivity contribution in [3.63, 3.8) is 0 Å². The highest BCUT2D eigenvalue weighted by molar-refractivity contribution is 7.91. The molecule has 3 aromatic carbocycles. The van der Waals surface area contributed by atoms with E-state index in [-0.39, 0.29) is 33.1 Å². The van der Waals surface area contributed by atoms with E-state index < -0.39 is 53.8 Å². The Morgan fingerprint density at radius 2 is 1.43 bits per heavy atom. The lowest BCUT2D eigenvalue weighted by molar-refractivity contribution is -0.121. The summed E-state index contributed by atoms with van der Waals surface area (Å²) in [7, 11) is -10.7. The third-order valence-electron chi connectivity index (χ3n) is 8.09. The van der Waals surface area contributed by atoms with Gasteiger partial charge >= 0.3 is 0 Å². The summed E-state index contributed by atoms with van der Waals surface area (Å²) in [5.41, 5.74) is 1.21. The maximum Gasteiger partial charge on any atom is 0.271 e. The van der Waals surface area contributed by atoms with Gasteiger partial charge in [-0.15, -0.1) is 0 Å². The number of rotatable bonds is 14. The number of halogens is 2. The van der Waals surface area contributed by atoms with Crippen molar-refractivity contribution in [2.45, 2.75) is 41.4 Å². The first-order valence-electron chi connectivity index (χ1n) is 14.9. The van der Waals surface area contributed by atoms with Crippen LogP contribution in [-0.2, 0) is 34.5 Å². The molecule has 0 saturated carbocycles. The number of hydrogen-bond donors (Lipinski definition) is 1. The van der Waals surface area contributed by atoms with Gasteiger partial charge in [-0.25, -0.2) is 34.0 Å². The highest BCUT2D eigenvalue weighted by Gasteiger charge is 2.25. The molecular formula is C32H38F2N2O8S3. The molecule has 0 unspecified atom stereocenters. The van der Waals surface area contributed by atoms with Crippen LogP contribution in [0.2, 0.25) is 0 Å². The van der Waals surface area contributed by atoms with E-state index >= 15 is 0 Å². The van der Waals surface area contributed by atoms with Crippen molar-refractivity contribution >= 4 is 35.6 Å². The molecule has 1 aliphatic rings. The Bertz CT molecular complexity index is 1860. The molecule has 1 saturated heterocycles. The number of piperidine rings is 1. The molecule has 256 valence electrons. The normalized spacial score (nSPS) is 15.7. The molecular weight excluding hydrogens is 675 g/mol. The van der Waals surface area contributed by atoms with Gasteiger partial charge in [-0.1, -0.05) is 12.1 Å². The molecule has 1 amide bonds. The maximum absolute atomic E-state index is 14.1. The van der Waals surface area contributed by atoms with Gasteiger partial charge in [0.1, 0.15) is 17.4 Å². The fraction of sp³-hybridized carbons (Fsp3) is 0.406. The zero-order valence-corrected chi connectivity index (χ0v) is 28.5. The van der Waals surface area contributed by atoms with Crippen LogP contribution >= 0.6 is 0 Å². The first kappa shape index (κ1) is 36.4. The summed E-state index contributed by atoms with van der Waals surface area (Å²) in [6.45, 7) is 1.56. The smallest absolute Gasteiger partial charge is 0.271 e. The minimum Gasteiger partial charge on any atom is -0.484 e. The van der Waals surface area contributed by atoms with Crippen molar-refractivity contribution in [1.29, 1.82) is 0 Å². The van der Waals surface area contributed by atoms with Gasteiger partial charge in [-0.2, -0.15) is 0 Å². The molecule has 4 rings (SSSR count). The molecule has 3 aromatic rings. The molecule has 1 heterocycles. The van der Waals surface area contributed by atoms with Crippen LogP contribution in [0.1, 0.15) is 42.7 Å². The minimum atomic E-state index is -3.71. The van der Waals surface area contributed by atoms with E-state index in [1.165, 1.54) is 48.5 Å². The molecule has 0 spiro atoms. The Kier molecular flexibility index (Phi) is 11.8. The number of benzene rings is 3. The van der Waals surface area contributed by atoms with Crippen LogP contribution in [0, 0.1) is 17.6 Å². The minimum absolute atomic E-state index is 0.0364. The van der Waals surface area contributed by atoms with Crippen molar-refractivity contribution in [2.24, 2.45) is 5.92 Å². The number of hydrogen-bond acceptors (Lipinski definition) is 9. The average molecular weight is 713 g/mol. The van der Waals surface area contributed by atoms with Crippen LogP contribution in [0.15, 0.2) is 76.5 Å². The highest BCUT2D eigenvalue weighted by atomic mass is 32.2. The molecule has 1 atom stereocenters. The van der Waals surface area contributed by atoms with E-state index in [9.17, 15) is 38.8 Å². The second-order valence-electron chi connectivity index (χ2n) is 11.8. The van der Waals surface area contributed by atoms with Crippen LogP contribution < -0.4 is 9.46 Å². The number of carbonyl (C=O) groups is 1. The summed E-state index contributed by atoms with van der Waals surface area (Å²) in [5.74, 6) is -2.20. The van der Waals surface area contributed by atoms with Crippen LogP contribution in [0.4, 0.5) is 8.78 Å². The zero-order chi connectivity index (χ0) is 34.4. The molecule has 1 N–H and O–H groups in total. The van der Waals surface area contributed by atoms with Crippen LogP contribution in [0.25, 0.3) is 0 Å². The van der Waals surface area contributed by atoms with Gasteiger partial charge in [0.25, 0.3) is 5.91 Å². The maximum atomic E-state index is 14.1. The van der Waals surface area contributed by atoms with Crippen molar-refractivity contribution < 1.29 is 43.6 Å². The predicted octanol–water partition coefficient (Wildman–Crippen LogP) is 3.92. The predicted molar refractivity (Wildman–Crippen MR) is 173 cm³/mol. The Balaban J connectivity index is 1.29. The number of sulfonamides is 1. The monoisotopic (exact) mass is 712 g/mol. The molecule has 0 aromatic heterocycles. The summed E-state index contributed by atoms with van der Waals surface area (Å²) >= 11 is 0. The molecule has 47 heavy (non-hydrogen) atoms. The number of carbonyl (C=O) groups excluding carboxylic acids is 1. The second-order valence-corrected chi connectivity index (χ2v) is 17.7.